The summed E-state index contributed by atoms with van der Waals surface area (Å²) < 4.78 is 32.6. The second-order valence-electron chi connectivity index (χ2n) is 9.11. The van der Waals surface area contributed by atoms with Crippen LogP contribution in [0.25, 0.3) is 0 Å². The fourth-order valence-electron chi connectivity index (χ4n) is 4.82. The van der Waals surface area contributed by atoms with Crippen LogP contribution in [0.1, 0.15) is 31.0 Å². The van der Waals surface area contributed by atoms with E-state index in [0.29, 0.717) is 26.2 Å². The first-order valence-electron chi connectivity index (χ1n) is 12.9. The highest BCUT2D eigenvalue weighted by atomic mass is 35.5. The lowest BCUT2D eigenvalue weighted by Crippen LogP contribution is -2.51. The normalized spacial score (nSPS) is 14.7. The molecule has 3 aromatic rings. The topological polar surface area (TPSA) is 70.2 Å². The number of carbonyl (C=O) groups is 1. The molecule has 1 aliphatic heterocycles. The van der Waals surface area contributed by atoms with Gasteiger partial charge in [0.05, 0.1) is 16.0 Å². The zero-order chi connectivity index (χ0) is 27.1. The first-order chi connectivity index (χ1) is 18.3. The third-order valence-electron chi connectivity index (χ3n) is 6.86. The van der Waals surface area contributed by atoms with Crippen molar-refractivity contribution in [2.75, 3.05) is 45.9 Å². The van der Waals surface area contributed by atoms with Crippen molar-refractivity contribution >= 4 is 27.5 Å². The molecule has 3 aromatic carbocycles. The van der Waals surface area contributed by atoms with Crippen molar-refractivity contribution in [3.05, 3.63) is 95.0 Å². The predicted octanol–water partition coefficient (Wildman–Crippen LogP) is 4.68. The van der Waals surface area contributed by atoms with E-state index in [4.69, 9.17) is 16.3 Å². The molecule has 38 heavy (non-hydrogen) atoms. The summed E-state index contributed by atoms with van der Waals surface area (Å²) in [6, 6.07) is 25.3. The Kier molecular flexibility index (Phi) is 9.44. The molecule has 0 atom stereocenters. The molecule has 1 aliphatic rings. The summed E-state index contributed by atoms with van der Waals surface area (Å²) in [4.78, 5) is 17.2. The van der Waals surface area contributed by atoms with Gasteiger partial charge in [-0.3, -0.25) is 9.69 Å². The maximum Gasteiger partial charge on any atom is 0.260 e. The van der Waals surface area contributed by atoms with Crippen LogP contribution in [0.3, 0.4) is 0 Å². The molecule has 0 spiro atoms. The molecule has 0 radical (unpaired) electrons. The zero-order valence-corrected chi connectivity index (χ0v) is 23.4. The number of benzene rings is 3. The molecule has 1 saturated heterocycles. The molecule has 0 saturated carbocycles. The number of hydrogen-bond donors (Lipinski definition) is 0. The van der Waals surface area contributed by atoms with Crippen molar-refractivity contribution in [3.63, 3.8) is 0 Å². The van der Waals surface area contributed by atoms with Crippen molar-refractivity contribution in [1.82, 2.24) is 14.1 Å². The van der Waals surface area contributed by atoms with Gasteiger partial charge in [0.15, 0.2) is 6.61 Å². The molecular weight excluding hydrogens is 522 g/mol. The standard InChI is InChI=1S/C29H34ClN3O4S/c1-3-33(4-2)38(35,36)25-15-16-27(26(30)21-25)37-22-28(34)31-17-19-32(20-18-31)29(23-11-7-5-8-12-23)24-13-9-6-10-14-24/h5-16,21,29H,3-4,17-20,22H2,1-2H3. The number of halogens is 1. The summed E-state index contributed by atoms with van der Waals surface area (Å²) in [6.07, 6.45) is 0. The first kappa shape index (κ1) is 28.1. The Morgan fingerprint density at radius 2 is 1.45 bits per heavy atom. The van der Waals surface area contributed by atoms with E-state index in [9.17, 15) is 13.2 Å². The highest BCUT2D eigenvalue weighted by Crippen LogP contribution is 2.30. The zero-order valence-electron chi connectivity index (χ0n) is 21.8. The summed E-state index contributed by atoms with van der Waals surface area (Å²) >= 11 is 6.33. The molecule has 4 rings (SSSR count). The van der Waals surface area contributed by atoms with E-state index in [-0.39, 0.29) is 34.2 Å². The highest BCUT2D eigenvalue weighted by Gasteiger charge is 2.28. The lowest BCUT2D eigenvalue weighted by atomic mass is 9.96. The van der Waals surface area contributed by atoms with E-state index in [1.807, 2.05) is 12.1 Å². The number of nitrogens with zero attached hydrogens (tertiary/aromatic N) is 3. The van der Waals surface area contributed by atoms with Gasteiger partial charge in [-0.1, -0.05) is 86.1 Å². The SMILES string of the molecule is CCN(CC)S(=O)(=O)c1ccc(OCC(=O)N2CCN(C(c3ccccc3)c3ccccc3)CC2)c(Cl)c1. The Morgan fingerprint density at radius 3 is 1.95 bits per heavy atom. The van der Waals surface area contributed by atoms with E-state index >= 15 is 0 Å². The molecule has 0 bridgehead atoms. The van der Waals surface area contributed by atoms with Gasteiger partial charge < -0.3 is 9.64 Å². The van der Waals surface area contributed by atoms with Gasteiger partial charge in [-0.2, -0.15) is 4.31 Å². The van der Waals surface area contributed by atoms with Crippen LogP contribution < -0.4 is 4.74 Å². The number of piperazine rings is 1. The van der Waals surface area contributed by atoms with Gasteiger partial charge in [0.1, 0.15) is 5.75 Å². The third kappa shape index (κ3) is 6.38. The lowest BCUT2D eigenvalue weighted by molar-refractivity contribution is -0.135. The second-order valence-corrected chi connectivity index (χ2v) is 11.5. The van der Waals surface area contributed by atoms with Crippen molar-refractivity contribution in [2.45, 2.75) is 24.8 Å². The molecule has 1 amide bonds. The van der Waals surface area contributed by atoms with Gasteiger partial charge in [-0.05, 0) is 29.3 Å². The van der Waals surface area contributed by atoms with Gasteiger partial charge in [0, 0.05) is 39.3 Å². The molecule has 0 aliphatic carbocycles. The van der Waals surface area contributed by atoms with E-state index in [1.165, 1.54) is 33.6 Å². The summed E-state index contributed by atoms with van der Waals surface area (Å²) in [6.45, 7) is 6.80. The Balaban J connectivity index is 1.37. The number of carbonyl (C=O) groups excluding carboxylic acids is 1. The quantitative estimate of drug-likeness (QED) is 0.363. The molecular formula is C29H34ClN3O4S. The van der Waals surface area contributed by atoms with Crippen LogP contribution in [0.2, 0.25) is 5.02 Å². The maximum atomic E-state index is 12.9. The van der Waals surface area contributed by atoms with Gasteiger partial charge in [0.25, 0.3) is 5.91 Å². The lowest BCUT2D eigenvalue weighted by Gasteiger charge is -2.39. The fourth-order valence-corrected chi connectivity index (χ4v) is 6.60. The minimum Gasteiger partial charge on any atom is -0.482 e. The second kappa shape index (κ2) is 12.8. The van der Waals surface area contributed by atoms with E-state index in [2.05, 4.69) is 53.4 Å². The third-order valence-corrected chi connectivity index (χ3v) is 9.20. The maximum absolute atomic E-state index is 12.9. The molecule has 0 aromatic heterocycles. The Hall–Kier alpha value is -2.91. The summed E-state index contributed by atoms with van der Waals surface area (Å²) in [5, 5.41) is 0.157. The fraction of sp³-hybridized carbons (Fsp3) is 0.345. The van der Waals surface area contributed by atoms with Crippen molar-refractivity contribution in [2.24, 2.45) is 0 Å². The Labute approximate surface area is 230 Å². The minimum atomic E-state index is -3.63. The van der Waals surface area contributed by atoms with E-state index in [1.54, 1.807) is 18.7 Å². The van der Waals surface area contributed by atoms with Crippen LogP contribution in [-0.4, -0.2) is 74.3 Å². The van der Waals surface area contributed by atoms with Crippen LogP contribution >= 0.6 is 11.6 Å². The molecule has 0 unspecified atom stereocenters. The number of rotatable bonds is 10. The summed E-state index contributed by atoms with van der Waals surface area (Å²) in [5.74, 6) is 0.155. The summed E-state index contributed by atoms with van der Waals surface area (Å²) in [5.41, 5.74) is 2.45. The van der Waals surface area contributed by atoms with Gasteiger partial charge in [-0.15, -0.1) is 0 Å². The van der Waals surface area contributed by atoms with Crippen LogP contribution in [0.15, 0.2) is 83.8 Å². The molecule has 7 nitrogen and oxygen atoms in total. The minimum absolute atomic E-state index is 0.104. The van der Waals surface area contributed by atoms with Crippen LogP contribution in [0.4, 0.5) is 0 Å². The molecule has 0 N–H and O–H groups in total. The Bertz CT molecular complexity index is 1270. The Morgan fingerprint density at radius 1 is 0.895 bits per heavy atom. The van der Waals surface area contributed by atoms with Gasteiger partial charge in [0.2, 0.25) is 10.0 Å². The average molecular weight is 556 g/mol. The predicted molar refractivity (Wildman–Crippen MR) is 150 cm³/mol. The first-order valence-corrected chi connectivity index (χ1v) is 14.7. The average Bonchev–Trinajstić information content (AvgIpc) is 2.94. The molecule has 1 fully saturated rings. The smallest absolute Gasteiger partial charge is 0.260 e. The number of hydrogen-bond acceptors (Lipinski definition) is 5. The van der Waals surface area contributed by atoms with Crippen molar-refractivity contribution in [1.29, 1.82) is 0 Å². The van der Waals surface area contributed by atoms with Crippen LogP contribution in [0.5, 0.6) is 5.75 Å². The van der Waals surface area contributed by atoms with Crippen LogP contribution in [-0.2, 0) is 14.8 Å². The summed E-state index contributed by atoms with van der Waals surface area (Å²) in [7, 11) is -3.63. The van der Waals surface area contributed by atoms with Crippen LogP contribution in [0, 0.1) is 0 Å². The number of ether oxygens (including phenoxy) is 1. The molecule has 202 valence electrons. The van der Waals surface area contributed by atoms with E-state index < -0.39 is 10.0 Å². The molecule has 1 heterocycles. The largest absolute Gasteiger partial charge is 0.482 e. The molecule has 9 heteroatoms. The van der Waals surface area contributed by atoms with Gasteiger partial charge in [-0.25, -0.2) is 8.42 Å². The van der Waals surface area contributed by atoms with Gasteiger partial charge >= 0.3 is 0 Å². The van der Waals surface area contributed by atoms with Crippen molar-refractivity contribution < 1.29 is 17.9 Å². The number of amides is 1. The number of sulfonamides is 1. The highest BCUT2D eigenvalue weighted by molar-refractivity contribution is 7.89. The monoisotopic (exact) mass is 555 g/mol. The van der Waals surface area contributed by atoms with Crippen molar-refractivity contribution in [3.8, 4) is 5.75 Å². The van der Waals surface area contributed by atoms with E-state index in [0.717, 1.165) is 13.1 Å².